The zero-order valence-corrected chi connectivity index (χ0v) is 19.0. The number of nitrogens with one attached hydrogen (secondary N) is 1. The van der Waals surface area contributed by atoms with Gasteiger partial charge in [-0.15, -0.1) is 0 Å². The Labute approximate surface area is 191 Å². The van der Waals surface area contributed by atoms with Gasteiger partial charge in [0.05, 0.1) is 28.6 Å². The van der Waals surface area contributed by atoms with E-state index in [-0.39, 0.29) is 35.8 Å². The normalized spacial score (nSPS) is 16.2. The number of benzene rings is 1. The number of aromatic nitrogens is 2. The van der Waals surface area contributed by atoms with Crippen LogP contribution in [-0.4, -0.2) is 50.1 Å². The van der Waals surface area contributed by atoms with Gasteiger partial charge >= 0.3 is 0 Å². The van der Waals surface area contributed by atoms with Crippen LogP contribution in [-0.2, 0) is 16.1 Å². The van der Waals surface area contributed by atoms with Crippen molar-refractivity contribution in [2.45, 2.75) is 45.8 Å². The molecule has 0 bridgehead atoms. The first kappa shape index (κ1) is 22.7. The van der Waals surface area contributed by atoms with Crippen LogP contribution in [0, 0.1) is 30.1 Å². The van der Waals surface area contributed by atoms with Gasteiger partial charge in [0.25, 0.3) is 5.56 Å². The lowest BCUT2D eigenvalue weighted by Crippen LogP contribution is -2.58. The van der Waals surface area contributed by atoms with E-state index in [4.69, 9.17) is 0 Å². The number of aliphatic hydroxyl groups is 1. The van der Waals surface area contributed by atoms with Crippen molar-refractivity contribution in [3.8, 4) is 17.3 Å². The standard InChI is InChI=1S/C24H27N5O4/c1-14-26-20(18-7-4-15(10-25)8-19(18)27-23(32)16-5-6-16)9-21(30)29(14)13-22(31)28-11-17(12-28)24(2,3)33/h4,7-9,16-17,33H,5-6,11-13H2,1-3H3,(H,27,32). The number of nitrogens with zero attached hydrogens (tertiary/aromatic N) is 4. The van der Waals surface area contributed by atoms with Crippen LogP contribution in [0.1, 0.15) is 38.1 Å². The summed E-state index contributed by atoms with van der Waals surface area (Å²) in [5.74, 6) is 0.0522. The van der Waals surface area contributed by atoms with Crippen molar-refractivity contribution >= 4 is 17.5 Å². The highest BCUT2D eigenvalue weighted by atomic mass is 16.3. The number of rotatable bonds is 6. The Morgan fingerprint density at radius 3 is 2.55 bits per heavy atom. The molecule has 0 radical (unpaired) electrons. The smallest absolute Gasteiger partial charge is 0.254 e. The highest BCUT2D eigenvalue weighted by Crippen LogP contribution is 2.33. The molecular weight excluding hydrogens is 422 g/mol. The molecule has 2 amide bonds. The molecule has 1 aliphatic heterocycles. The molecule has 1 aromatic carbocycles. The summed E-state index contributed by atoms with van der Waals surface area (Å²) < 4.78 is 1.31. The van der Waals surface area contributed by atoms with Gasteiger partial charge in [0, 0.05) is 36.6 Å². The lowest BCUT2D eigenvalue weighted by Gasteiger charge is -2.45. The maximum atomic E-state index is 12.9. The summed E-state index contributed by atoms with van der Waals surface area (Å²) >= 11 is 0. The molecule has 4 rings (SSSR count). The van der Waals surface area contributed by atoms with Gasteiger partial charge in [-0.05, 0) is 51.8 Å². The highest BCUT2D eigenvalue weighted by Gasteiger charge is 2.39. The predicted molar refractivity (Wildman–Crippen MR) is 121 cm³/mol. The fraction of sp³-hybridized carbons (Fsp3) is 0.458. The predicted octanol–water partition coefficient (Wildman–Crippen LogP) is 1.67. The van der Waals surface area contributed by atoms with Crippen molar-refractivity contribution in [2.75, 3.05) is 18.4 Å². The van der Waals surface area contributed by atoms with E-state index in [1.54, 1.807) is 43.9 Å². The summed E-state index contributed by atoms with van der Waals surface area (Å²) in [5, 5.41) is 22.1. The highest BCUT2D eigenvalue weighted by molar-refractivity contribution is 5.97. The van der Waals surface area contributed by atoms with Crippen LogP contribution in [0.15, 0.2) is 29.1 Å². The molecule has 1 aliphatic carbocycles. The molecule has 0 unspecified atom stereocenters. The minimum absolute atomic E-state index is 0.0143. The van der Waals surface area contributed by atoms with E-state index < -0.39 is 5.60 Å². The molecule has 1 saturated heterocycles. The lowest BCUT2D eigenvalue weighted by molar-refractivity contribution is -0.145. The van der Waals surface area contributed by atoms with E-state index in [9.17, 15) is 24.8 Å². The van der Waals surface area contributed by atoms with Crippen molar-refractivity contribution in [1.29, 1.82) is 5.26 Å². The van der Waals surface area contributed by atoms with E-state index >= 15 is 0 Å². The van der Waals surface area contributed by atoms with Crippen LogP contribution in [0.2, 0.25) is 0 Å². The fourth-order valence-corrected chi connectivity index (χ4v) is 3.84. The number of likely N-dealkylation sites (tertiary alicyclic amines) is 1. The van der Waals surface area contributed by atoms with E-state index in [1.165, 1.54) is 10.6 Å². The van der Waals surface area contributed by atoms with Gasteiger partial charge in [-0.3, -0.25) is 19.0 Å². The van der Waals surface area contributed by atoms with Crippen molar-refractivity contribution in [3.63, 3.8) is 0 Å². The summed E-state index contributed by atoms with van der Waals surface area (Å²) in [6, 6.07) is 8.24. The molecule has 9 heteroatoms. The molecule has 1 saturated carbocycles. The minimum atomic E-state index is -0.847. The van der Waals surface area contributed by atoms with Gasteiger partial charge in [0.15, 0.2) is 0 Å². The molecule has 2 aliphatic rings. The first-order chi connectivity index (χ1) is 15.6. The second kappa shape index (κ2) is 8.45. The Kier molecular flexibility index (Phi) is 5.80. The molecular formula is C24H27N5O4. The molecule has 2 heterocycles. The fourth-order valence-electron chi connectivity index (χ4n) is 3.84. The van der Waals surface area contributed by atoms with Crippen molar-refractivity contribution in [3.05, 3.63) is 46.0 Å². The second-order valence-corrected chi connectivity index (χ2v) is 9.40. The number of anilines is 1. The molecule has 2 aromatic rings. The lowest BCUT2D eigenvalue weighted by atomic mass is 9.84. The van der Waals surface area contributed by atoms with Crippen LogP contribution in [0.3, 0.4) is 0 Å². The monoisotopic (exact) mass is 449 g/mol. The Bertz CT molecular complexity index is 1210. The first-order valence-electron chi connectivity index (χ1n) is 11.0. The number of nitriles is 1. The molecule has 1 aromatic heterocycles. The first-order valence-corrected chi connectivity index (χ1v) is 11.0. The van der Waals surface area contributed by atoms with Gasteiger partial charge in [0.1, 0.15) is 12.4 Å². The van der Waals surface area contributed by atoms with E-state index in [0.717, 1.165) is 12.8 Å². The maximum Gasteiger partial charge on any atom is 0.254 e. The molecule has 2 N–H and O–H groups in total. The molecule has 0 spiro atoms. The molecule has 9 nitrogen and oxygen atoms in total. The minimum Gasteiger partial charge on any atom is -0.390 e. The average molecular weight is 450 g/mol. The van der Waals surface area contributed by atoms with Crippen molar-refractivity contribution < 1.29 is 14.7 Å². The zero-order chi connectivity index (χ0) is 23.9. The Hall–Kier alpha value is -3.51. The van der Waals surface area contributed by atoms with Crippen molar-refractivity contribution in [1.82, 2.24) is 14.5 Å². The Morgan fingerprint density at radius 2 is 1.97 bits per heavy atom. The third-order valence-electron chi connectivity index (χ3n) is 6.36. The number of carbonyl (C=O) groups excluding carboxylic acids is 2. The number of hydrogen-bond donors (Lipinski definition) is 2. The van der Waals surface area contributed by atoms with Crippen LogP contribution < -0.4 is 10.9 Å². The third-order valence-corrected chi connectivity index (χ3v) is 6.36. The van der Waals surface area contributed by atoms with Gasteiger partial charge in [-0.2, -0.15) is 5.26 Å². The van der Waals surface area contributed by atoms with Gasteiger partial charge < -0.3 is 15.3 Å². The summed E-state index contributed by atoms with van der Waals surface area (Å²) in [6.07, 6.45) is 1.68. The van der Waals surface area contributed by atoms with Gasteiger partial charge in [0.2, 0.25) is 11.8 Å². The number of hydrogen-bond acceptors (Lipinski definition) is 6. The van der Waals surface area contributed by atoms with Gasteiger partial charge in [-0.25, -0.2) is 4.98 Å². The van der Waals surface area contributed by atoms with E-state index in [1.807, 2.05) is 0 Å². The maximum absolute atomic E-state index is 12.9. The summed E-state index contributed by atoms with van der Waals surface area (Å²) in [5.41, 5.74) is 0.499. The largest absolute Gasteiger partial charge is 0.390 e. The molecule has 2 fully saturated rings. The Balaban J connectivity index is 1.56. The Morgan fingerprint density at radius 1 is 1.27 bits per heavy atom. The van der Waals surface area contributed by atoms with Crippen LogP contribution in [0.25, 0.3) is 11.3 Å². The van der Waals surface area contributed by atoms with Gasteiger partial charge in [-0.1, -0.05) is 0 Å². The molecule has 33 heavy (non-hydrogen) atoms. The van der Waals surface area contributed by atoms with Crippen LogP contribution in [0.4, 0.5) is 5.69 Å². The summed E-state index contributed by atoms with van der Waals surface area (Å²) in [6.45, 7) is 5.88. The average Bonchev–Trinajstić information content (AvgIpc) is 3.53. The van der Waals surface area contributed by atoms with E-state index in [0.29, 0.717) is 41.4 Å². The quantitative estimate of drug-likeness (QED) is 0.690. The van der Waals surface area contributed by atoms with Crippen molar-refractivity contribution in [2.24, 2.45) is 11.8 Å². The number of carbonyl (C=O) groups is 2. The SMILES string of the molecule is Cc1nc(-c2ccc(C#N)cc2NC(=O)C2CC2)cc(=O)n1CC(=O)N1CC(C(C)(C)O)C1. The van der Waals surface area contributed by atoms with Crippen LogP contribution >= 0.6 is 0 Å². The topological polar surface area (TPSA) is 128 Å². The van der Waals surface area contributed by atoms with E-state index in [2.05, 4.69) is 16.4 Å². The summed E-state index contributed by atoms with van der Waals surface area (Å²) in [4.78, 5) is 43.9. The second-order valence-electron chi connectivity index (χ2n) is 9.40. The zero-order valence-electron chi connectivity index (χ0n) is 19.0. The molecule has 172 valence electrons. The number of amides is 2. The van der Waals surface area contributed by atoms with Crippen LogP contribution in [0.5, 0.6) is 0 Å². The molecule has 0 atom stereocenters. The summed E-state index contributed by atoms with van der Waals surface area (Å²) in [7, 11) is 0. The third kappa shape index (κ3) is 4.81. The number of aryl methyl sites for hydroxylation is 1.